The monoisotopic (exact) mass is 612 g/mol. The number of hydrogen-bond donors (Lipinski definition) is 1. The van der Waals surface area contributed by atoms with E-state index in [0.29, 0.717) is 28.6 Å². The van der Waals surface area contributed by atoms with E-state index >= 15 is 0 Å². The Bertz CT molecular complexity index is 1520. The van der Waals surface area contributed by atoms with E-state index in [2.05, 4.69) is 33.9 Å². The Morgan fingerprint density at radius 3 is 2.00 bits per heavy atom. The Kier molecular flexibility index (Phi) is 10.1. The fourth-order valence-electron chi connectivity index (χ4n) is 5.21. The quantitative estimate of drug-likeness (QED) is 0.126. The SMILES string of the molecule is CCn1c2ccc(/C(CSC3CCCO3)=N/OC(C)=O)cc2c2cc(/C(CSC3CCCO3)=N/OC(C)=O)cc(N)c21. The molecule has 2 aliphatic rings. The zero-order valence-electron chi connectivity index (χ0n) is 24.1. The summed E-state index contributed by atoms with van der Waals surface area (Å²) >= 11 is 3.28. The number of nitrogens with zero attached hydrogens (tertiary/aromatic N) is 3. The van der Waals surface area contributed by atoms with Gasteiger partial charge in [0.2, 0.25) is 0 Å². The van der Waals surface area contributed by atoms with Gasteiger partial charge in [-0.05, 0) is 56.9 Å². The van der Waals surface area contributed by atoms with Crippen molar-refractivity contribution in [2.24, 2.45) is 10.3 Å². The van der Waals surface area contributed by atoms with Gasteiger partial charge in [-0.3, -0.25) is 0 Å². The molecule has 0 bridgehead atoms. The zero-order chi connectivity index (χ0) is 29.6. The van der Waals surface area contributed by atoms with Crippen LogP contribution in [-0.4, -0.2) is 63.5 Å². The summed E-state index contributed by atoms with van der Waals surface area (Å²) in [6, 6.07) is 10.0. The zero-order valence-corrected chi connectivity index (χ0v) is 25.7. The second kappa shape index (κ2) is 13.9. The normalized spacial score (nSPS) is 19.6. The van der Waals surface area contributed by atoms with Crippen LogP contribution < -0.4 is 5.73 Å². The minimum Gasteiger partial charge on any atom is -0.397 e. The van der Waals surface area contributed by atoms with Crippen molar-refractivity contribution in [3.63, 3.8) is 0 Å². The van der Waals surface area contributed by atoms with Gasteiger partial charge in [0.05, 0.1) is 22.6 Å². The van der Waals surface area contributed by atoms with E-state index in [-0.39, 0.29) is 10.9 Å². The van der Waals surface area contributed by atoms with E-state index < -0.39 is 11.9 Å². The molecule has 0 spiro atoms. The average molecular weight is 613 g/mol. The second-order valence-corrected chi connectivity index (χ2v) is 12.5. The first-order valence-electron chi connectivity index (χ1n) is 14.2. The summed E-state index contributed by atoms with van der Waals surface area (Å²) in [6.45, 7) is 6.97. The Morgan fingerprint density at radius 2 is 1.48 bits per heavy atom. The van der Waals surface area contributed by atoms with Gasteiger partial charge >= 0.3 is 11.9 Å². The first-order chi connectivity index (χ1) is 20.3. The van der Waals surface area contributed by atoms with Crippen LogP contribution in [0.4, 0.5) is 5.69 Å². The van der Waals surface area contributed by atoms with Crippen LogP contribution in [0.5, 0.6) is 0 Å². The van der Waals surface area contributed by atoms with Crippen molar-refractivity contribution < 1.29 is 28.7 Å². The number of oxime groups is 2. The molecule has 0 aliphatic carbocycles. The molecule has 2 N–H and O–H groups in total. The molecule has 42 heavy (non-hydrogen) atoms. The number of benzene rings is 2. The smallest absolute Gasteiger partial charge is 0.331 e. The van der Waals surface area contributed by atoms with Crippen LogP contribution in [0.15, 0.2) is 40.6 Å². The molecule has 2 aromatic carbocycles. The Morgan fingerprint density at radius 1 is 0.905 bits per heavy atom. The molecule has 2 atom stereocenters. The average Bonchev–Trinajstić information content (AvgIpc) is 3.74. The maximum absolute atomic E-state index is 11.6. The third kappa shape index (κ3) is 7.11. The van der Waals surface area contributed by atoms with Crippen LogP contribution in [0, 0.1) is 0 Å². The maximum atomic E-state index is 11.6. The van der Waals surface area contributed by atoms with Crippen molar-refractivity contribution in [2.45, 2.75) is 63.9 Å². The van der Waals surface area contributed by atoms with Gasteiger partial charge in [0.15, 0.2) is 0 Å². The lowest BCUT2D eigenvalue weighted by molar-refractivity contribution is -0.141. The van der Waals surface area contributed by atoms with Gasteiger partial charge in [-0.15, -0.1) is 23.5 Å². The molecule has 0 saturated carbocycles. The number of anilines is 1. The molecule has 2 saturated heterocycles. The molecule has 12 heteroatoms. The lowest BCUT2D eigenvalue weighted by Gasteiger charge is -2.12. The van der Waals surface area contributed by atoms with Gasteiger partial charge in [0, 0.05) is 72.5 Å². The van der Waals surface area contributed by atoms with Gasteiger partial charge < -0.3 is 29.4 Å². The van der Waals surface area contributed by atoms with Crippen molar-refractivity contribution in [3.8, 4) is 0 Å². The van der Waals surface area contributed by atoms with E-state index in [0.717, 1.165) is 78.4 Å². The fraction of sp³-hybridized carbons (Fsp3) is 0.467. The summed E-state index contributed by atoms with van der Waals surface area (Å²) in [7, 11) is 0. The molecular formula is C30H36N4O6S2. The summed E-state index contributed by atoms with van der Waals surface area (Å²) < 4.78 is 13.7. The summed E-state index contributed by atoms with van der Waals surface area (Å²) in [4.78, 5) is 33.4. The number of aromatic nitrogens is 1. The van der Waals surface area contributed by atoms with Crippen LogP contribution >= 0.6 is 23.5 Å². The van der Waals surface area contributed by atoms with Crippen molar-refractivity contribution in [1.82, 2.24) is 4.57 Å². The highest BCUT2D eigenvalue weighted by Crippen LogP contribution is 2.36. The molecule has 2 fully saturated rings. The number of ether oxygens (including phenoxy) is 2. The van der Waals surface area contributed by atoms with Gasteiger partial charge in [-0.25, -0.2) is 9.59 Å². The Balaban J connectivity index is 1.57. The number of hydrogen-bond acceptors (Lipinski definition) is 11. The highest BCUT2D eigenvalue weighted by atomic mass is 32.2. The lowest BCUT2D eigenvalue weighted by atomic mass is 10.0. The van der Waals surface area contributed by atoms with Gasteiger partial charge in [0.25, 0.3) is 0 Å². The molecule has 224 valence electrons. The molecular weight excluding hydrogens is 576 g/mol. The fourth-order valence-corrected chi connectivity index (χ4v) is 7.39. The molecule has 5 rings (SSSR count). The van der Waals surface area contributed by atoms with Crippen LogP contribution in [-0.2, 0) is 35.3 Å². The van der Waals surface area contributed by atoms with Crippen LogP contribution in [0.1, 0.15) is 57.6 Å². The lowest BCUT2D eigenvalue weighted by Crippen LogP contribution is -2.11. The van der Waals surface area contributed by atoms with E-state index in [1.807, 2.05) is 18.2 Å². The van der Waals surface area contributed by atoms with E-state index in [1.54, 1.807) is 23.5 Å². The summed E-state index contributed by atoms with van der Waals surface area (Å²) in [5.41, 5.74) is 12.3. The Hall–Kier alpha value is -3.06. The van der Waals surface area contributed by atoms with Crippen LogP contribution in [0.25, 0.3) is 21.8 Å². The largest absolute Gasteiger partial charge is 0.397 e. The number of carbonyl (C=O) groups excluding carboxylic acids is 2. The topological polar surface area (TPSA) is 127 Å². The van der Waals surface area contributed by atoms with Crippen LogP contribution in [0.3, 0.4) is 0 Å². The van der Waals surface area contributed by atoms with Gasteiger partial charge in [-0.1, -0.05) is 16.4 Å². The summed E-state index contributed by atoms with van der Waals surface area (Å²) in [6.07, 6.45) is 4.02. The van der Waals surface area contributed by atoms with Crippen molar-refractivity contribution >= 4 is 74.4 Å². The van der Waals surface area contributed by atoms with E-state index in [4.69, 9.17) is 24.9 Å². The number of thioether (sulfide) groups is 2. The highest BCUT2D eigenvalue weighted by Gasteiger charge is 2.22. The molecule has 0 radical (unpaired) electrons. The summed E-state index contributed by atoms with van der Waals surface area (Å²) in [5.74, 6) is 0.0656. The predicted octanol–water partition coefficient (Wildman–Crippen LogP) is 5.67. The third-order valence-corrected chi connectivity index (χ3v) is 9.49. The number of nitrogens with two attached hydrogens (primary N) is 1. The predicted molar refractivity (Wildman–Crippen MR) is 169 cm³/mol. The molecule has 3 heterocycles. The van der Waals surface area contributed by atoms with E-state index in [9.17, 15) is 9.59 Å². The first kappa shape index (κ1) is 30.4. The molecule has 1 aromatic heterocycles. The van der Waals surface area contributed by atoms with Crippen molar-refractivity contribution in [3.05, 3.63) is 41.5 Å². The van der Waals surface area contributed by atoms with Crippen LogP contribution in [0.2, 0.25) is 0 Å². The highest BCUT2D eigenvalue weighted by molar-refractivity contribution is 8.00. The molecule has 0 amide bonds. The standard InChI is InChI=1S/C30H36N4O6S2/c1-4-34-27-10-9-20(25(32-39-18(2)35)16-41-28-7-5-11-37-28)13-22(27)23-14-21(15-24(31)30(23)34)26(33-40-19(3)36)17-42-29-8-6-12-38-29/h9-10,13-15,28-29H,4-8,11-12,16-17,31H2,1-3H3/b32-25+,33-26+. The number of aryl methyl sites for hydroxylation is 1. The Labute approximate surface area is 253 Å². The third-order valence-electron chi connectivity index (χ3n) is 7.13. The molecule has 2 unspecified atom stereocenters. The van der Waals surface area contributed by atoms with Crippen molar-refractivity contribution in [1.29, 1.82) is 0 Å². The van der Waals surface area contributed by atoms with Gasteiger partial charge in [-0.2, -0.15) is 0 Å². The minimum absolute atomic E-state index is 0.0839. The van der Waals surface area contributed by atoms with Crippen molar-refractivity contribution in [2.75, 3.05) is 30.5 Å². The molecule has 10 nitrogen and oxygen atoms in total. The molecule has 3 aromatic rings. The van der Waals surface area contributed by atoms with E-state index in [1.165, 1.54) is 13.8 Å². The molecule has 2 aliphatic heterocycles. The first-order valence-corrected chi connectivity index (χ1v) is 16.2. The number of nitrogen functional groups attached to an aromatic ring is 1. The second-order valence-electron chi connectivity index (χ2n) is 10.2. The maximum Gasteiger partial charge on any atom is 0.331 e. The number of rotatable bonds is 11. The summed E-state index contributed by atoms with van der Waals surface area (Å²) in [5, 5.41) is 10.3. The number of fused-ring (bicyclic) bond motifs is 3. The number of carbonyl (C=O) groups is 2. The van der Waals surface area contributed by atoms with Gasteiger partial charge in [0.1, 0.15) is 10.9 Å². The minimum atomic E-state index is -0.489.